The Kier molecular flexibility index (Phi) is 2.97. The molecule has 1 aliphatic rings. The Hall–Kier alpha value is -1.35. The van der Waals surface area contributed by atoms with Crippen LogP contribution in [-0.2, 0) is 0 Å². The molecule has 1 heterocycles. The van der Waals surface area contributed by atoms with Crippen LogP contribution in [0, 0.1) is 5.92 Å². The second-order valence-electron chi connectivity index (χ2n) is 4.64. The number of benzene rings is 1. The molecule has 86 valence electrons. The number of nitrogens with zero attached hydrogens (tertiary/aromatic N) is 1. The van der Waals surface area contributed by atoms with Gasteiger partial charge in [-0.05, 0) is 18.4 Å². The molecule has 1 aromatic carbocycles. The molecule has 1 N–H and O–H groups in total. The van der Waals surface area contributed by atoms with E-state index in [0.29, 0.717) is 18.0 Å². The first-order valence-electron chi connectivity index (χ1n) is 5.69. The van der Waals surface area contributed by atoms with Gasteiger partial charge in [0.25, 0.3) is 5.91 Å². The molecule has 0 saturated heterocycles. The average Bonchev–Trinajstić information content (AvgIpc) is 2.50. The maximum Gasteiger partial charge on any atom is 0.256 e. The number of aliphatic hydroxyl groups excluding tert-OH is 1. The lowest BCUT2D eigenvalue weighted by molar-refractivity contribution is 0.0159. The molecule has 16 heavy (non-hydrogen) atoms. The number of hydrogen-bond acceptors (Lipinski definition) is 2. The monoisotopic (exact) mass is 219 g/mol. The molecule has 0 bridgehead atoms. The van der Waals surface area contributed by atoms with Crippen molar-refractivity contribution in [1.29, 1.82) is 0 Å². The largest absolute Gasteiger partial charge is 0.369 e. The summed E-state index contributed by atoms with van der Waals surface area (Å²) in [5, 5.41) is 10.0. The van der Waals surface area contributed by atoms with E-state index in [9.17, 15) is 9.90 Å². The van der Waals surface area contributed by atoms with Crippen molar-refractivity contribution in [2.45, 2.75) is 26.5 Å². The fourth-order valence-electron chi connectivity index (χ4n) is 1.97. The third-order valence-corrected chi connectivity index (χ3v) is 2.97. The summed E-state index contributed by atoms with van der Waals surface area (Å²) in [5.41, 5.74) is 1.37. The Balaban J connectivity index is 2.18. The molecule has 0 saturated carbocycles. The van der Waals surface area contributed by atoms with Gasteiger partial charge in [-0.15, -0.1) is 0 Å². The molecule has 3 nitrogen and oxygen atoms in total. The molecule has 1 aliphatic heterocycles. The number of carbonyl (C=O) groups is 1. The first kappa shape index (κ1) is 11.1. The van der Waals surface area contributed by atoms with Crippen molar-refractivity contribution >= 4 is 5.91 Å². The van der Waals surface area contributed by atoms with Gasteiger partial charge in [-0.1, -0.05) is 32.0 Å². The van der Waals surface area contributed by atoms with E-state index in [1.807, 2.05) is 18.2 Å². The number of carbonyl (C=O) groups excluding carboxylic acids is 1. The third kappa shape index (κ3) is 1.83. The summed E-state index contributed by atoms with van der Waals surface area (Å²) < 4.78 is 0. The minimum atomic E-state index is -0.762. The molecule has 0 spiro atoms. The van der Waals surface area contributed by atoms with Gasteiger partial charge in [0.05, 0.1) is 0 Å². The minimum Gasteiger partial charge on any atom is -0.369 e. The van der Waals surface area contributed by atoms with Gasteiger partial charge < -0.3 is 10.0 Å². The van der Waals surface area contributed by atoms with E-state index in [-0.39, 0.29) is 5.91 Å². The van der Waals surface area contributed by atoms with Gasteiger partial charge in [-0.25, -0.2) is 0 Å². The van der Waals surface area contributed by atoms with Crippen molar-refractivity contribution in [2.24, 2.45) is 5.92 Å². The molecule has 0 radical (unpaired) electrons. The highest BCUT2D eigenvalue weighted by molar-refractivity contribution is 5.98. The van der Waals surface area contributed by atoms with Crippen LogP contribution in [-0.4, -0.2) is 22.5 Å². The minimum absolute atomic E-state index is 0.0521. The normalized spacial score (nSPS) is 19.4. The van der Waals surface area contributed by atoms with Crippen molar-refractivity contribution < 1.29 is 9.90 Å². The summed E-state index contributed by atoms with van der Waals surface area (Å²) in [6, 6.07) is 7.26. The van der Waals surface area contributed by atoms with E-state index >= 15 is 0 Å². The van der Waals surface area contributed by atoms with Gasteiger partial charge in [0.15, 0.2) is 6.23 Å². The molecule has 0 fully saturated rings. The molecule has 3 heteroatoms. The van der Waals surface area contributed by atoms with Crippen LogP contribution in [0.25, 0.3) is 0 Å². The van der Waals surface area contributed by atoms with Crippen molar-refractivity contribution in [3.05, 3.63) is 35.4 Å². The summed E-state index contributed by atoms with van der Waals surface area (Å²) in [7, 11) is 0. The van der Waals surface area contributed by atoms with Gasteiger partial charge in [0.1, 0.15) is 0 Å². The number of aliphatic hydroxyl groups is 1. The summed E-state index contributed by atoms with van der Waals surface area (Å²) in [6.07, 6.45) is 0.152. The predicted octanol–water partition coefficient (Wildman–Crippen LogP) is 2.18. The molecule has 1 amide bonds. The fourth-order valence-corrected chi connectivity index (χ4v) is 1.97. The predicted molar refractivity (Wildman–Crippen MR) is 61.9 cm³/mol. The summed E-state index contributed by atoms with van der Waals surface area (Å²) >= 11 is 0. The van der Waals surface area contributed by atoms with Crippen LogP contribution in [0.1, 0.15) is 42.4 Å². The summed E-state index contributed by atoms with van der Waals surface area (Å²) in [5.74, 6) is 0.479. The highest BCUT2D eigenvalue weighted by Crippen LogP contribution is 2.31. The van der Waals surface area contributed by atoms with Crippen molar-refractivity contribution in [2.75, 3.05) is 6.54 Å². The quantitative estimate of drug-likeness (QED) is 0.846. The Morgan fingerprint density at radius 1 is 1.38 bits per heavy atom. The van der Waals surface area contributed by atoms with E-state index in [1.54, 1.807) is 11.0 Å². The second-order valence-corrected chi connectivity index (χ2v) is 4.64. The molecule has 0 aliphatic carbocycles. The van der Waals surface area contributed by atoms with Crippen molar-refractivity contribution in [3.63, 3.8) is 0 Å². The van der Waals surface area contributed by atoms with Crippen molar-refractivity contribution in [3.8, 4) is 0 Å². The van der Waals surface area contributed by atoms with Crippen LogP contribution in [0.15, 0.2) is 24.3 Å². The van der Waals surface area contributed by atoms with Crippen molar-refractivity contribution in [1.82, 2.24) is 4.90 Å². The molecule has 2 rings (SSSR count). The molecule has 1 aromatic rings. The van der Waals surface area contributed by atoms with Gasteiger partial charge >= 0.3 is 0 Å². The first-order valence-corrected chi connectivity index (χ1v) is 5.69. The summed E-state index contributed by atoms with van der Waals surface area (Å²) in [6.45, 7) is 4.84. The fraction of sp³-hybridized carbons (Fsp3) is 0.462. The Morgan fingerprint density at radius 3 is 2.69 bits per heavy atom. The zero-order chi connectivity index (χ0) is 11.7. The van der Waals surface area contributed by atoms with Crippen LogP contribution in [0.5, 0.6) is 0 Å². The zero-order valence-electron chi connectivity index (χ0n) is 9.68. The molecule has 1 atom stereocenters. The van der Waals surface area contributed by atoms with E-state index in [0.717, 1.165) is 12.0 Å². The van der Waals surface area contributed by atoms with Crippen LogP contribution in [0.2, 0.25) is 0 Å². The zero-order valence-corrected chi connectivity index (χ0v) is 9.68. The number of hydrogen-bond donors (Lipinski definition) is 1. The van der Waals surface area contributed by atoms with E-state index in [2.05, 4.69) is 13.8 Å². The van der Waals surface area contributed by atoms with Gasteiger partial charge in [0, 0.05) is 17.7 Å². The maximum absolute atomic E-state index is 12.0. The maximum atomic E-state index is 12.0. The topological polar surface area (TPSA) is 40.5 Å². The second kappa shape index (κ2) is 4.26. The SMILES string of the molecule is CC(C)CCN1C(=O)c2ccccc2[C@H]1O. The highest BCUT2D eigenvalue weighted by atomic mass is 16.3. The standard InChI is InChI=1S/C13H17NO2/c1-9(2)7-8-14-12(15)10-5-3-4-6-11(10)13(14)16/h3-6,9,12,15H,7-8H2,1-2H3/t12-/m1/s1. The lowest BCUT2D eigenvalue weighted by atomic mass is 10.1. The van der Waals surface area contributed by atoms with Crippen LogP contribution < -0.4 is 0 Å². The van der Waals surface area contributed by atoms with Crippen LogP contribution in [0.3, 0.4) is 0 Å². The van der Waals surface area contributed by atoms with E-state index in [1.165, 1.54) is 0 Å². The Labute approximate surface area is 95.7 Å². The Bertz CT molecular complexity index is 401. The van der Waals surface area contributed by atoms with Gasteiger partial charge in [-0.2, -0.15) is 0 Å². The van der Waals surface area contributed by atoms with Gasteiger partial charge in [-0.3, -0.25) is 4.79 Å². The number of fused-ring (bicyclic) bond motifs is 1. The number of rotatable bonds is 3. The first-order chi connectivity index (χ1) is 7.61. The molecule has 0 unspecified atom stereocenters. The molecule has 0 aromatic heterocycles. The van der Waals surface area contributed by atoms with Crippen LogP contribution >= 0.6 is 0 Å². The highest BCUT2D eigenvalue weighted by Gasteiger charge is 2.34. The van der Waals surface area contributed by atoms with Crippen LogP contribution in [0.4, 0.5) is 0 Å². The molecular formula is C13H17NO2. The van der Waals surface area contributed by atoms with E-state index < -0.39 is 6.23 Å². The lowest BCUT2D eigenvalue weighted by Gasteiger charge is -2.21. The Morgan fingerprint density at radius 2 is 2.06 bits per heavy atom. The smallest absolute Gasteiger partial charge is 0.256 e. The third-order valence-electron chi connectivity index (χ3n) is 2.97. The van der Waals surface area contributed by atoms with E-state index in [4.69, 9.17) is 0 Å². The molecular weight excluding hydrogens is 202 g/mol. The van der Waals surface area contributed by atoms with Gasteiger partial charge in [0.2, 0.25) is 0 Å². The number of amides is 1. The lowest BCUT2D eigenvalue weighted by Crippen LogP contribution is -2.29. The average molecular weight is 219 g/mol. The summed E-state index contributed by atoms with van der Waals surface area (Å²) in [4.78, 5) is 13.5.